The molecule has 12 heteroatoms. The van der Waals surface area contributed by atoms with E-state index in [4.69, 9.17) is 9.47 Å². The maximum atomic E-state index is 14.0. The molecule has 1 aliphatic heterocycles. The Morgan fingerprint density at radius 3 is 1.70 bits per heavy atom. The highest BCUT2D eigenvalue weighted by atomic mass is 31.1. The number of hydrogen-bond donors (Lipinski definition) is 0. The second-order valence-electron chi connectivity index (χ2n) is 12.4. The average Bonchev–Trinajstić information content (AvgIpc) is 3.40. The molecule has 0 N–H and O–H groups in total. The Morgan fingerprint density at radius 1 is 0.660 bits per heavy atom. The molecule has 0 saturated heterocycles. The Kier molecular flexibility index (Phi) is 8.66. The molecule has 1 aliphatic rings. The minimum Gasteiger partial charge on any atom is -0.495 e. The molecule has 2 nitrogen and oxygen atoms in total. The molecule has 4 aromatic rings. The van der Waals surface area contributed by atoms with Crippen LogP contribution in [-0.2, 0) is 18.5 Å². The molecule has 4 aromatic carbocycles. The first-order valence-corrected chi connectivity index (χ1v) is 15.9. The van der Waals surface area contributed by atoms with E-state index in [1.165, 1.54) is 26.2 Å². The van der Waals surface area contributed by atoms with Crippen molar-refractivity contribution in [3.63, 3.8) is 0 Å². The number of methoxy groups -OCH3 is 1. The van der Waals surface area contributed by atoms with Crippen LogP contribution in [0.4, 0.5) is 39.5 Å². The van der Waals surface area contributed by atoms with Crippen LogP contribution in [0.15, 0.2) is 60.7 Å². The summed E-state index contributed by atoms with van der Waals surface area (Å²) < 4.78 is 138. The number of alkyl halides is 9. The molecular formula is C35H30F9O2P. The summed E-state index contributed by atoms with van der Waals surface area (Å²) in [6, 6.07) is 11.1. The molecule has 47 heavy (non-hydrogen) atoms. The second-order valence-corrected chi connectivity index (χ2v) is 15.3. The van der Waals surface area contributed by atoms with Gasteiger partial charge in [-0.1, -0.05) is 39.0 Å². The first-order chi connectivity index (χ1) is 21.6. The largest absolute Gasteiger partial charge is 0.495 e. The van der Waals surface area contributed by atoms with Crippen LogP contribution in [0.1, 0.15) is 48.6 Å². The monoisotopic (exact) mass is 684 g/mol. The summed E-state index contributed by atoms with van der Waals surface area (Å²) in [4.78, 5) is 0. The van der Waals surface area contributed by atoms with Crippen molar-refractivity contribution >= 4 is 13.2 Å². The molecule has 0 fully saturated rings. The minimum atomic E-state index is -5.13. The Bertz CT molecular complexity index is 1820. The molecule has 0 aliphatic carbocycles. The van der Waals surface area contributed by atoms with E-state index in [2.05, 4.69) is 0 Å². The van der Waals surface area contributed by atoms with Crippen molar-refractivity contribution in [1.29, 1.82) is 0 Å². The summed E-state index contributed by atoms with van der Waals surface area (Å²) >= 11 is 0. The molecule has 0 aromatic heterocycles. The van der Waals surface area contributed by atoms with Crippen molar-refractivity contribution in [3.05, 3.63) is 88.5 Å². The number of fused-ring (bicyclic) bond motifs is 1. The lowest BCUT2D eigenvalue weighted by Crippen LogP contribution is -2.19. The fourth-order valence-electron chi connectivity index (χ4n) is 5.87. The van der Waals surface area contributed by atoms with Crippen LogP contribution in [0.3, 0.4) is 0 Å². The zero-order chi connectivity index (χ0) is 34.9. The van der Waals surface area contributed by atoms with Crippen LogP contribution in [0.25, 0.3) is 33.4 Å². The number of halogens is 9. The molecule has 250 valence electrons. The van der Waals surface area contributed by atoms with Crippen molar-refractivity contribution in [1.82, 2.24) is 0 Å². The molecule has 0 radical (unpaired) electrons. The SMILES string of the molecule is COc1c(-c2cc(C(F)(F)F)cc(C(F)(F)F)c2)cc(-c2cc(C)cc(C(F)(F)F)c2)c(C)c1-c1cccc2c1[P@](C(C)(C)C)CO2. The molecule has 0 amide bonds. The predicted molar refractivity (Wildman–Crippen MR) is 166 cm³/mol. The average molecular weight is 685 g/mol. The second kappa shape index (κ2) is 11.8. The van der Waals surface area contributed by atoms with Crippen LogP contribution in [0.2, 0.25) is 0 Å². The third-order valence-corrected chi connectivity index (χ3v) is 11.1. The third-order valence-electron chi connectivity index (χ3n) is 8.06. The van der Waals surface area contributed by atoms with E-state index in [-0.39, 0.29) is 39.2 Å². The first-order valence-electron chi connectivity index (χ1n) is 14.4. The van der Waals surface area contributed by atoms with E-state index >= 15 is 0 Å². The molecular weight excluding hydrogens is 654 g/mol. The maximum Gasteiger partial charge on any atom is 0.416 e. The van der Waals surface area contributed by atoms with E-state index in [0.717, 1.165) is 17.4 Å². The Hall–Kier alpha value is -3.72. The number of ether oxygens (including phenoxy) is 2. The van der Waals surface area contributed by atoms with Gasteiger partial charge in [-0.15, -0.1) is 0 Å². The van der Waals surface area contributed by atoms with Gasteiger partial charge in [0.1, 0.15) is 17.8 Å². The van der Waals surface area contributed by atoms with Crippen molar-refractivity contribution in [2.45, 2.75) is 58.3 Å². The summed E-state index contributed by atoms with van der Waals surface area (Å²) in [5, 5.41) is 0.554. The summed E-state index contributed by atoms with van der Waals surface area (Å²) in [5.74, 6) is 0.553. The molecule has 0 saturated carbocycles. The third kappa shape index (κ3) is 6.69. The molecule has 0 bridgehead atoms. The number of benzene rings is 4. The molecule has 0 spiro atoms. The van der Waals surface area contributed by atoms with Gasteiger partial charge in [-0.05, 0) is 103 Å². The van der Waals surface area contributed by atoms with Crippen molar-refractivity contribution in [3.8, 4) is 44.9 Å². The van der Waals surface area contributed by atoms with Gasteiger partial charge in [-0.25, -0.2) is 0 Å². The Morgan fingerprint density at radius 2 is 1.19 bits per heavy atom. The maximum absolute atomic E-state index is 14.0. The van der Waals surface area contributed by atoms with Gasteiger partial charge in [0.05, 0.1) is 23.8 Å². The van der Waals surface area contributed by atoms with E-state index in [1.807, 2.05) is 20.8 Å². The lowest BCUT2D eigenvalue weighted by Gasteiger charge is -2.29. The molecule has 1 atom stereocenters. The quantitative estimate of drug-likeness (QED) is 0.157. The predicted octanol–water partition coefficient (Wildman–Crippen LogP) is 11.6. The summed E-state index contributed by atoms with van der Waals surface area (Å²) in [5.41, 5.74) is -2.75. The van der Waals surface area contributed by atoms with Crippen LogP contribution in [0, 0.1) is 13.8 Å². The molecule has 1 heterocycles. The normalized spacial score (nSPS) is 15.4. The van der Waals surface area contributed by atoms with Crippen molar-refractivity contribution in [2.75, 3.05) is 13.5 Å². The topological polar surface area (TPSA) is 18.5 Å². The number of hydrogen-bond acceptors (Lipinski definition) is 2. The Labute approximate surface area is 267 Å². The Balaban J connectivity index is 1.95. The van der Waals surface area contributed by atoms with Crippen molar-refractivity contribution in [2.24, 2.45) is 0 Å². The van der Waals surface area contributed by atoms with Gasteiger partial charge < -0.3 is 9.47 Å². The lowest BCUT2D eigenvalue weighted by atomic mass is 9.85. The van der Waals surface area contributed by atoms with Crippen LogP contribution >= 0.6 is 7.92 Å². The number of rotatable bonds is 4. The van der Waals surface area contributed by atoms with E-state index < -0.39 is 48.7 Å². The van der Waals surface area contributed by atoms with Gasteiger partial charge >= 0.3 is 18.5 Å². The zero-order valence-electron chi connectivity index (χ0n) is 26.1. The number of aryl methyl sites for hydroxylation is 1. The fraction of sp³-hybridized carbons (Fsp3) is 0.314. The first kappa shape index (κ1) is 34.6. The van der Waals surface area contributed by atoms with E-state index in [0.29, 0.717) is 40.9 Å². The van der Waals surface area contributed by atoms with Crippen LogP contribution in [-0.4, -0.2) is 18.6 Å². The highest BCUT2D eigenvalue weighted by Crippen LogP contribution is 2.58. The highest BCUT2D eigenvalue weighted by molar-refractivity contribution is 7.67. The van der Waals surface area contributed by atoms with Crippen molar-refractivity contribution < 1.29 is 49.0 Å². The van der Waals surface area contributed by atoms with Gasteiger partial charge in [-0.3, -0.25) is 0 Å². The van der Waals surface area contributed by atoms with Crippen LogP contribution < -0.4 is 14.8 Å². The molecule has 0 unspecified atom stereocenters. The standard InChI is InChI=1S/C35H30F9O2P/c1-18-10-20(12-22(11-18)33(36,37)38)26-16-27(21-13-23(34(39,40)41)15-24(14-21)35(42,43)44)30(45-6)29(19(26)2)25-8-7-9-28-31(25)47(17-46-28)32(3,4)5/h7-16H,17H2,1-6H3/t47-/m1/s1. The van der Waals surface area contributed by atoms with Crippen LogP contribution in [0.5, 0.6) is 11.5 Å². The lowest BCUT2D eigenvalue weighted by molar-refractivity contribution is -0.143. The van der Waals surface area contributed by atoms with Gasteiger partial charge in [0.15, 0.2) is 0 Å². The van der Waals surface area contributed by atoms with Gasteiger partial charge in [0.25, 0.3) is 0 Å². The van der Waals surface area contributed by atoms with Gasteiger partial charge in [0.2, 0.25) is 0 Å². The highest BCUT2D eigenvalue weighted by Gasteiger charge is 2.39. The summed E-state index contributed by atoms with van der Waals surface area (Å²) in [7, 11) is 0.255. The zero-order valence-corrected chi connectivity index (χ0v) is 27.0. The van der Waals surface area contributed by atoms with Gasteiger partial charge in [0, 0.05) is 16.4 Å². The van der Waals surface area contributed by atoms with E-state index in [1.54, 1.807) is 25.1 Å². The summed E-state index contributed by atoms with van der Waals surface area (Å²) in [6.07, 6.45) is -14.6. The minimum absolute atomic E-state index is 0.0217. The van der Waals surface area contributed by atoms with Gasteiger partial charge in [-0.2, -0.15) is 39.5 Å². The van der Waals surface area contributed by atoms with E-state index in [9.17, 15) is 39.5 Å². The molecule has 5 rings (SSSR count). The summed E-state index contributed by atoms with van der Waals surface area (Å²) in [6.45, 7) is 9.22. The smallest absolute Gasteiger partial charge is 0.416 e. The fourth-order valence-corrected chi connectivity index (χ4v) is 8.21.